The molecule has 2 rings (SSSR count). The molecule has 0 bridgehead atoms. The zero-order valence-electron chi connectivity index (χ0n) is 9.77. The standard InChI is InChI=1S/C13H12BrN3S/c1-8-9(14)4-2-5-10(8)16-12-7-3-6-11(17-12)13(15)18/h2-7H,1H3,(H2,15,18)(H,16,17). The van der Waals surface area contributed by atoms with Crippen LogP contribution in [0.4, 0.5) is 11.5 Å². The number of anilines is 2. The first-order chi connectivity index (χ1) is 8.58. The van der Waals surface area contributed by atoms with Gasteiger partial charge in [-0.15, -0.1) is 0 Å². The van der Waals surface area contributed by atoms with Crippen molar-refractivity contribution in [2.75, 3.05) is 5.32 Å². The van der Waals surface area contributed by atoms with Gasteiger partial charge in [0.1, 0.15) is 10.8 Å². The summed E-state index contributed by atoms with van der Waals surface area (Å²) in [5.41, 5.74) is 8.30. The van der Waals surface area contributed by atoms with Crippen molar-refractivity contribution in [2.45, 2.75) is 6.92 Å². The quantitative estimate of drug-likeness (QED) is 0.849. The maximum atomic E-state index is 5.56. The van der Waals surface area contributed by atoms with Crippen molar-refractivity contribution in [3.8, 4) is 0 Å². The summed E-state index contributed by atoms with van der Waals surface area (Å²) in [5.74, 6) is 0.724. The second-order valence-corrected chi connectivity index (χ2v) is 5.10. The molecule has 3 N–H and O–H groups in total. The van der Waals surface area contributed by atoms with Crippen molar-refractivity contribution < 1.29 is 0 Å². The smallest absolute Gasteiger partial charge is 0.131 e. The van der Waals surface area contributed by atoms with E-state index in [2.05, 4.69) is 26.2 Å². The highest BCUT2D eigenvalue weighted by Gasteiger charge is 2.04. The van der Waals surface area contributed by atoms with Gasteiger partial charge in [0.2, 0.25) is 0 Å². The Bertz CT molecular complexity index is 599. The van der Waals surface area contributed by atoms with Crippen LogP contribution >= 0.6 is 28.1 Å². The lowest BCUT2D eigenvalue weighted by Crippen LogP contribution is -2.12. The van der Waals surface area contributed by atoms with Crippen molar-refractivity contribution in [1.29, 1.82) is 0 Å². The van der Waals surface area contributed by atoms with Crippen LogP contribution in [0.15, 0.2) is 40.9 Å². The Hall–Kier alpha value is -1.46. The molecule has 1 heterocycles. The van der Waals surface area contributed by atoms with Gasteiger partial charge in [-0.05, 0) is 36.8 Å². The van der Waals surface area contributed by atoms with Gasteiger partial charge in [0.15, 0.2) is 0 Å². The molecule has 0 amide bonds. The number of aromatic nitrogens is 1. The lowest BCUT2D eigenvalue weighted by Gasteiger charge is -2.10. The number of nitrogens with one attached hydrogen (secondary N) is 1. The van der Waals surface area contributed by atoms with E-state index in [0.29, 0.717) is 10.7 Å². The van der Waals surface area contributed by atoms with Crippen LogP contribution in [0.2, 0.25) is 0 Å². The van der Waals surface area contributed by atoms with Gasteiger partial charge in [0.25, 0.3) is 0 Å². The number of hydrogen-bond acceptors (Lipinski definition) is 3. The van der Waals surface area contributed by atoms with Crippen molar-refractivity contribution in [2.24, 2.45) is 5.73 Å². The molecule has 0 unspecified atom stereocenters. The molecule has 5 heteroatoms. The zero-order chi connectivity index (χ0) is 13.1. The summed E-state index contributed by atoms with van der Waals surface area (Å²) >= 11 is 8.41. The first-order valence-corrected chi connectivity index (χ1v) is 6.57. The van der Waals surface area contributed by atoms with Gasteiger partial charge in [-0.3, -0.25) is 0 Å². The molecule has 18 heavy (non-hydrogen) atoms. The molecule has 2 aromatic rings. The van der Waals surface area contributed by atoms with Crippen LogP contribution in [0.1, 0.15) is 11.3 Å². The second-order valence-electron chi connectivity index (χ2n) is 3.81. The minimum atomic E-state index is 0.296. The molecule has 92 valence electrons. The van der Waals surface area contributed by atoms with Crippen LogP contribution in [-0.4, -0.2) is 9.97 Å². The Balaban J connectivity index is 2.31. The first-order valence-electron chi connectivity index (χ1n) is 5.37. The normalized spacial score (nSPS) is 10.1. The lowest BCUT2D eigenvalue weighted by molar-refractivity contribution is 1.27. The Kier molecular flexibility index (Phi) is 3.93. The summed E-state index contributed by atoms with van der Waals surface area (Å²) in [7, 11) is 0. The molecule has 0 aliphatic heterocycles. The van der Waals surface area contributed by atoms with E-state index < -0.39 is 0 Å². The Morgan fingerprint density at radius 2 is 2.00 bits per heavy atom. The van der Waals surface area contributed by atoms with Gasteiger partial charge >= 0.3 is 0 Å². The summed E-state index contributed by atoms with van der Waals surface area (Å²) in [5, 5.41) is 3.25. The van der Waals surface area contributed by atoms with E-state index in [1.807, 2.05) is 37.3 Å². The van der Waals surface area contributed by atoms with Crippen LogP contribution < -0.4 is 11.1 Å². The fourth-order valence-corrected chi connectivity index (χ4v) is 2.00. The van der Waals surface area contributed by atoms with Gasteiger partial charge in [0, 0.05) is 10.2 Å². The van der Waals surface area contributed by atoms with E-state index in [-0.39, 0.29) is 0 Å². The van der Waals surface area contributed by atoms with Crippen molar-refractivity contribution in [1.82, 2.24) is 4.98 Å². The number of halogens is 1. The molecular weight excluding hydrogens is 310 g/mol. The molecule has 0 aliphatic rings. The van der Waals surface area contributed by atoms with Gasteiger partial charge in [-0.2, -0.15) is 0 Å². The maximum absolute atomic E-state index is 5.56. The van der Waals surface area contributed by atoms with E-state index in [1.54, 1.807) is 6.07 Å². The lowest BCUT2D eigenvalue weighted by atomic mass is 10.2. The van der Waals surface area contributed by atoms with Gasteiger partial charge in [-0.25, -0.2) is 4.98 Å². The third-order valence-corrected chi connectivity index (χ3v) is 3.60. The number of nitrogens with zero attached hydrogens (tertiary/aromatic N) is 1. The number of thiocarbonyl (C=S) groups is 1. The van der Waals surface area contributed by atoms with Crippen LogP contribution in [-0.2, 0) is 0 Å². The molecule has 1 aromatic heterocycles. The third kappa shape index (κ3) is 2.86. The molecule has 0 atom stereocenters. The minimum Gasteiger partial charge on any atom is -0.388 e. The number of nitrogens with two attached hydrogens (primary N) is 1. The predicted molar refractivity (Wildman–Crippen MR) is 82.3 cm³/mol. The molecule has 0 saturated carbocycles. The van der Waals surface area contributed by atoms with Gasteiger partial charge in [-0.1, -0.05) is 40.3 Å². The molecule has 0 fully saturated rings. The molecule has 0 saturated heterocycles. The average molecular weight is 322 g/mol. The van der Waals surface area contributed by atoms with E-state index in [9.17, 15) is 0 Å². The minimum absolute atomic E-state index is 0.296. The zero-order valence-corrected chi connectivity index (χ0v) is 12.2. The van der Waals surface area contributed by atoms with Crippen molar-refractivity contribution in [3.63, 3.8) is 0 Å². The summed E-state index contributed by atoms with van der Waals surface area (Å²) in [6.45, 7) is 2.03. The summed E-state index contributed by atoms with van der Waals surface area (Å²) in [6.07, 6.45) is 0. The van der Waals surface area contributed by atoms with Crippen LogP contribution in [0.25, 0.3) is 0 Å². The largest absolute Gasteiger partial charge is 0.388 e. The number of pyridine rings is 1. The number of hydrogen-bond donors (Lipinski definition) is 2. The SMILES string of the molecule is Cc1c(Br)cccc1Nc1cccc(C(N)=S)n1. The van der Waals surface area contributed by atoms with E-state index in [1.165, 1.54) is 0 Å². The second kappa shape index (κ2) is 5.46. The maximum Gasteiger partial charge on any atom is 0.131 e. The van der Waals surface area contributed by atoms with Crippen LogP contribution in [0.3, 0.4) is 0 Å². The van der Waals surface area contributed by atoms with E-state index in [4.69, 9.17) is 18.0 Å². The molecule has 0 spiro atoms. The number of benzene rings is 1. The molecule has 1 aromatic carbocycles. The number of rotatable bonds is 3. The van der Waals surface area contributed by atoms with Crippen molar-refractivity contribution in [3.05, 3.63) is 52.1 Å². The molecular formula is C13H12BrN3S. The average Bonchev–Trinajstić information content (AvgIpc) is 2.35. The van der Waals surface area contributed by atoms with Gasteiger partial charge < -0.3 is 11.1 Å². The Morgan fingerprint density at radius 3 is 2.72 bits per heavy atom. The fraction of sp³-hybridized carbons (Fsp3) is 0.0769. The summed E-state index contributed by atoms with van der Waals surface area (Å²) < 4.78 is 1.05. The van der Waals surface area contributed by atoms with E-state index >= 15 is 0 Å². The van der Waals surface area contributed by atoms with Gasteiger partial charge in [0.05, 0.1) is 5.69 Å². The van der Waals surface area contributed by atoms with Crippen molar-refractivity contribution >= 4 is 44.6 Å². The topological polar surface area (TPSA) is 50.9 Å². The highest BCUT2D eigenvalue weighted by molar-refractivity contribution is 9.10. The Morgan fingerprint density at radius 1 is 1.28 bits per heavy atom. The predicted octanol–water partition coefficient (Wildman–Crippen LogP) is 3.53. The molecule has 3 nitrogen and oxygen atoms in total. The fourth-order valence-electron chi connectivity index (χ4n) is 1.52. The van der Waals surface area contributed by atoms with Crippen LogP contribution in [0.5, 0.6) is 0 Å². The molecule has 0 aliphatic carbocycles. The van der Waals surface area contributed by atoms with E-state index in [0.717, 1.165) is 21.5 Å². The summed E-state index contributed by atoms with van der Waals surface area (Å²) in [4.78, 5) is 4.64. The third-order valence-electron chi connectivity index (χ3n) is 2.53. The highest BCUT2D eigenvalue weighted by Crippen LogP contribution is 2.25. The Labute approximate surface area is 120 Å². The summed E-state index contributed by atoms with van der Waals surface area (Å²) in [6, 6.07) is 11.5. The van der Waals surface area contributed by atoms with Crippen LogP contribution in [0, 0.1) is 6.92 Å². The monoisotopic (exact) mass is 321 g/mol. The highest BCUT2D eigenvalue weighted by atomic mass is 79.9. The molecule has 0 radical (unpaired) electrons. The first kappa shape index (κ1) is 13.0.